The fourth-order valence-electron chi connectivity index (χ4n) is 2.45. The lowest BCUT2D eigenvalue weighted by molar-refractivity contribution is 0.415. The molecule has 2 aromatic carbocycles. The van der Waals surface area contributed by atoms with E-state index in [1.807, 2.05) is 42.5 Å². The average Bonchev–Trinajstić information content (AvgIpc) is 3.06. The van der Waals surface area contributed by atoms with E-state index in [1.165, 1.54) is 0 Å². The summed E-state index contributed by atoms with van der Waals surface area (Å²) in [7, 11) is 1.64. The first-order valence-electron chi connectivity index (χ1n) is 6.47. The van der Waals surface area contributed by atoms with E-state index in [2.05, 4.69) is 10.2 Å². The van der Waals surface area contributed by atoms with E-state index in [-0.39, 0.29) is 0 Å². The fourth-order valence-corrected chi connectivity index (χ4v) is 2.57. The van der Waals surface area contributed by atoms with Crippen LogP contribution in [0.1, 0.15) is 0 Å². The summed E-state index contributed by atoms with van der Waals surface area (Å²) < 4.78 is 11.2. The lowest BCUT2D eigenvalue weighted by Gasteiger charge is -1.97. The summed E-state index contributed by atoms with van der Waals surface area (Å²) in [5.41, 5.74) is 4.14. The van der Waals surface area contributed by atoms with Crippen LogP contribution in [0.25, 0.3) is 33.3 Å². The maximum atomic E-state index is 5.93. The first-order chi connectivity index (χ1) is 10.3. The van der Waals surface area contributed by atoms with Gasteiger partial charge in [0.1, 0.15) is 22.5 Å². The van der Waals surface area contributed by atoms with Gasteiger partial charge in [-0.15, -0.1) is 0 Å². The number of hydrogen-bond acceptors (Lipinski definition) is 3. The van der Waals surface area contributed by atoms with Gasteiger partial charge in [-0.2, -0.15) is 5.10 Å². The molecular formula is C16H11ClN2O2. The molecule has 0 saturated carbocycles. The lowest BCUT2D eigenvalue weighted by atomic mass is 10.1. The van der Waals surface area contributed by atoms with Crippen LogP contribution >= 0.6 is 11.6 Å². The molecule has 0 spiro atoms. The van der Waals surface area contributed by atoms with Gasteiger partial charge >= 0.3 is 0 Å². The molecule has 4 nitrogen and oxygen atoms in total. The SMILES string of the molecule is COc1ccc2oc3c(-c4ccc(Cl)cc4)n[nH]c3c2c1. The van der Waals surface area contributed by atoms with E-state index in [9.17, 15) is 0 Å². The zero-order valence-corrected chi connectivity index (χ0v) is 11.9. The molecule has 104 valence electrons. The minimum atomic E-state index is 0.694. The second kappa shape index (κ2) is 4.53. The van der Waals surface area contributed by atoms with Crippen molar-refractivity contribution in [3.8, 4) is 17.0 Å². The minimum Gasteiger partial charge on any atom is -0.497 e. The number of methoxy groups -OCH3 is 1. The molecule has 0 fully saturated rings. The number of aromatic amines is 1. The first-order valence-corrected chi connectivity index (χ1v) is 6.84. The zero-order valence-electron chi connectivity index (χ0n) is 11.2. The van der Waals surface area contributed by atoms with Gasteiger partial charge in [0.05, 0.1) is 7.11 Å². The molecule has 0 amide bonds. The van der Waals surface area contributed by atoms with Crippen LogP contribution in [0.3, 0.4) is 0 Å². The van der Waals surface area contributed by atoms with Gasteiger partial charge in [0.2, 0.25) is 0 Å². The number of rotatable bonds is 2. The van der Waals surface area contributed by atoms with E-state index < -0.39 is 0 Å². The van der Waals surface area contributed by atoms with Crippen LogP contribution < -0.4 is 4.74 Å². The van der Waals surface area contributed by atoms with Crippen molar-refractivity contribution in [3.63, 3.8) is 0 Å². The molecule has 0 bridgehead atoms. The third-order valence-corrected chi connectivity index (χ3v) is 3.76. The maximum absolute atomic E-state index is 5.93. The van der Waals surface area contributed by atoms with Gasteiger partial charge in [-0.25, -0.2) is 0 Å². The summed E-state index contributed by atoms with van der Waals surface area (Å²) in [6, 6.07) is 13.2. The summed E-state index contributed by atoms with van der Waals surface area (Å²) in [5, 5.41) is 9.05. The van der Waals surface area contributed by atoms with Crippen molar-refractivity contribution in [3.05, 3.63) is 47.5 Å². The molecule has 4 aromatic rings. The number of ether oxygens (including phenoxy) is 1. The van der Waals surface area contributed by atoms with Crippen molar-refractivity contribution < 1.29 is 9.15 Å². The normalized spacial score (nSPS) is 11.3. The van der Waals surface area contributed by atoms with Crippen LogP contribution in [0, 0.1) is 0 Å². The number of fused-ring (bicyclic) bond motifs is 3. The van der Waals surface area contributed by atoms with Crippen LogP contribution in [0.5, 0.6) is 5.75 Å². The highest BCUT2D eigenvalue weighted by Gasteiger charge is 2.16. The van der Waals surface area contributed by atoms with Crippen molar-refractivity contribution in [2.45, 2.75) is 0 Å². The Bertz CT molecular complexity index is 938. The minimum absolute atomic E-state index is 0.694. The van der Waals surface area contributed by atoms with Crippen molar-refractivity contribution in [1.82, 2.24) is 10.2 Å². The molecule has 2 heterocycles. The highest BCUT2D eigenvalue weighted by Crippen LogP contribution is 2.35. The summed E-state index contributed by atoms with van der Waals surface area (Å²) in [6.45, 7) is 0. The molecule has 4 rings (SSSR count). The van der Waals surface area contributed by atoms with Gasteiger partial charge < -0.3 is 9.15 Å². The van der Waals surface area contributed by atoms with Crippen molar-refractivity contribution in [1.29, 1.82) is 0 Å². The number of halogens is 1. The molecule has 21 heavy (non-hydrogen) atoms. The largest absolute Gasteiger partial charge is 0.497 e. The average molecular weight is 299 g/mol. The van der Waals surface area contributed by atoms with E-state index in [0.29, 0.717) is 5.02 Å². The number of nitrogens with one attached hydrogen (secondary N) is 1. The van der Waals surface area contributed by atoms with E-state index >= 15 is 0 Å². The van der Waals surface area contributed by atoms with Gasteiger partial charge in [-0.3, -0.25) is 5.10 Å². The van der Waals surface area contributed by atoms with Crippen LogP contribution in [0.15, 0.2) is 46.9 Å². The van der Waals surface area contributed by atoms with Crippen LogP contribution in [0.4, 0.5) is 0 Å². The smallest absolute Gasteiger partial charge is 0.181 e. The third-order valence-electron chi connectivity index (χ3n) is 3.51. The molecule has 0 unspecified atom stereocenters. The predicted octanol–water partition coefficient (Wildman–Crippen LogP) is 4.64. The zero-order chi connectivity index (χ0) is 14.4. The van der Waals surface area contributed by atoms with E-state index in [0.717, 1.165) is 39.1 Å². The topological polar surface area (TPSA) is 51.1 Å². The maximum Gasteiger partial charge on any atom is 0.181 e. The molecule has 0 aliphatic carbocycles. The molecule has 0 radical (unpaired) electrons. The van der Waals surface area contributed by atoms with E-state index in [4.69, 9.17) is 20.8 Å². The van der Waals surface area contributed by atoms with Gasteiger partial charge in [0, 0.05) is 16.0 Å². The number of hydrogen-bond donors (Lipinski definition) is 1. The third kappa shape index (κ3) is 1.87. The summed E-state index contributed by atoms with van der Waals surface area (Å²) in [5.74, 6) is 0.785. The Kier molecular flexibility index (Phi) is 2.65. The molecule has 0 aliphatic heterocycles. The molecule has 0 aliphatic rings. The Labute approximate surface area is 125 Å². The Hall–Kier alpha value is -2.46. The van der Waals surface area contributed by atoms with Gasteiger partial charge in [-0.05, 0) is 30.3 Å². The monoisotopic (exact) mass is 298 g/mol. The molecule has 2 aromatic heterocycles. The number of H-pyrrole nitrogens is 1. The summed E-state index contributed by atoms with van der Waals surface area (Å²) >= 11 is 5.92. The Morgan fingerprint density at radius 1 is 1.14 bits per heavy atom. The molecule has 0 atom stereocenters. The standard InChI is InChI=1S/C16H11ClN2O2/c1-20-11-6-7-13-12(8-11)15-16(21-13)14(18-19-15)9-2-4-10(17)5-3-9/h2-8H,1H3,(H,18,19). The van der Waals surface area contributed by atoms with Crippen LogP contribution in [-0.2, 0) is 0 Å². The Morgan fingerprint density at radius 2 is 1.95 bits per heavy atom. The summed E-state index contributed by atoms with van der Waals surface area (Å²) in [4.78, 5) is 0. The molecule has 5 heteroatoms. The second-order valence-corrected chi connectivity index (χ2v) is 5.18. The number of benzene rings is 2. The van der Waals surface area contributed by atoms with Crippen molar-refractivity contribution in [2.75, 3.05) is 7.11 Å². The molecule has 1 N–H and O–H groups in total. The van der Waals surface area contributed by atoms with Crippen molar-refractivity contribution in [2.24, 2.45) is 0 Å². The lowest BCUT2D eigenvalue weighted by Crippen LogP contribution is -1.81. The van der Waals surface area contributed by atoms with E-state index in [1.54, 1.807) is 7.11 Å². The Balaban J connectivity index is 1.97. The highest BCUT2D eigenvalue weighted by atomic mass is 35.5. The van der Waals surface area contributed by atoms with Gasteiger partial charge in [-0.1, -0.05) is 23.7 Å². The van der Waals surface area contributed by atoms with Gasteiger partial charge in [0.25, 0.3) is 0 Å². The Morgan fingerprint density at radius 3 is 2.71 bits per heavy atom. The van der Waals surface area contributed by atoms with Crippen molar-refractivity contribution >= 4 is 33.7 Å². The number of aromatic nitrogens is 2. The summed E-state index contributed by atoms with van der Waals surface area (Å²) in [6.07, 6.45) is 0. The molecular weight excluding hydrogens is 288 g/mol. The fraction of sp³-hybridized carbons (Fsp3) is 0.0625. The number of furan rings is 1. The first kappa shape index (κ1) is 12.3. The van der Waals surface area contributed by atoms with Crippen LogP contribution in [0.2, 0.25) is 5.02 Å². The van der Waals surface area contributed by atoms with Gasteiger partial charge in [0.15, 0.2) is 5.58 Å². The predicted molar refractivity (Wildman–Crippen MR) is 82.9 cm³/mol. The van der Waals surface area contributed by atoms with Crippen LogP contribution in [-0.4, -0.2) is 17.3 Å². The molecule has 0 saturated heterocycles. The second-order valence-electron chi connectivity index (χ2n) is 4.75. The quantitative estimate of drug-likeness (QED) is 0.586. The highest BCUT2D eigenvalue weighted by molar-refractivity contribution is 6.30. The number of nitrogens with zero attached hydrogens (tertiary/aromatic N) is 1.